The minimum absolute atomic E-state index is 0.166. The zero-order valence-corrected chi connectivity index (χ0v) is 41.5. The molecule has 6 heteroatoms. The number of imidazole rings is 1. The van der Waals surface area contributed by atoms with Crippen molar-refractivity contribution in [1.29, 1.82) is 0 Å². The number of nitrogens with zero attached hydrogens (tertiary/aromatic N) is 3. The number of aromatic nitrogens is 3. The summed E-state index contributed by atoms with van der Waals surface area (Å²) in [6.45, 7) is 16.6. The Hall–Kier alpha value is -7.67. The molecule has 4 nitrogen and oxygen atoms in total. The molecule has 0 radical (unpaired) electrons. The fourth-order valence-electron chi connectivity index (χ4n) is 12.4. The van der Waals surface area contributed by atoms with Gasteiger partial charge in [-0.25, -0.2) is 4.39 Å². The largest absolute Gasteiger partial charge is 0.455 e. The Morgan fingerprint density at radius 2 is 1.26 bits per heavy atom. The average molecular weight is 926 g/mol. The Bertz CT molecular complexity index is 4220. The molecule has 5 heterocycles. The summed E-state index contributed by atoms with van der Waals surface area (Å²) in [4.78, 5) is 0. The predicted molar refractivity (Wildman–Crippen MR) is 289 cm³/mol. The number of pyridine rings is 1. The number of benzene rings is 9. The van der Waals surface area contributed by atoms with Gasteiger partial charge in [0.2, 0.25) is 5.69 Å². The topological polar surface area (TPSA) is 25.8 Å². The first-order valence-electron chi connectivity index (χ1n) is 24.8. The van der Waals surface area contributed by atoms with Crippen molar-refractivity contribution >= 4 is 78.5 Å². The number of fused-ring (bicyclic) bond motifs is 21. The molecule has 3 aromatic heterocycles. The van der Waals surface area contributed by atoms with Crippen molar-refractivity contribution in [3.63, 3.8) is 0 Å². The van der Waals surface area contributed by atoms with Gasteiger partial charge in [0.25, 0.3) is 0 Å². The number of rotatable bonds is 5. The molecule has 338 valence electrons. The molecule has 0 saturated carbocycles. The minimum Gasteiger partial charge on any atom is -0.455 e. The van der Waals surface area contributed by atoms with Crippen molar-refractivity contribution in [1.82, 2.24) is 4.57 Å². The molecule has 12 aromatic rings. The summed E-state index contributed by atoms with van der Waals surface area (Å²) in [6.07, 6.45) is 2.41. The summed E-state index contributed by atoms with van der Waals surface area (Å²) < 4.78 is 31.7. The maximum atomic E-state index is 16.5. The van der Waals surface area contributed by atoms with Gasteiger partial charge in [-0.05, 0) is 123 Å². The van der Waals surface area contributed by atoms with Crippen molar-refractivity contribution in [2.75, 3.05) is 0 Å². The van der Waals surface area contributed by atoms with Crippen molar-refractivity contribution in [2.24, 2.45) is 0 Å². The molecule has 0 amide bonds. The van der Waals surface area contributed by atoms with Crippen molar-refractivity contribution in [3.8, 4) is 39.5 Å². The summed E-state index contributed by atoms with van der Waals surface area (Å²) in [5.41, 5.74) is 14.0. The molecule has 1 unspecified atom stereocenters. The van der Waals surface area contributed by atoms with E-state index < -0.39 is 13.7 Å². The molecule has 9 aromatic carbocycles. The Kier molecular flexibility index (Phi) is 8.52. The van der Waals surface area contributed by atoms with E-state index in [1.807, 2.05) is 6.07 Å². The van der Waals surface area contributed by atoms with Crippen LogP contribution in [-0.4, -0.2) is 12.6 Å². The summed E-state index contributed by atoms with van der Waals surface area (Å²) >= 11 is 0. The standard InChI is InChI=1S/C64H52FN3OSi/c1-37(2)50-32-43(39-15-9-8-10-16-39)33-51(38(3)4)60(50)67-61-47-20-14-12-18-41(47)23-29-57(61)68-63(67)59-54(64(68)55-34-44(65)24-26-49(55)56-30-25-45(36-66(56)64)70(5,6)7)28-27-48-53-31-42-22-21-40-17-11-13-19-46(40)52(42)35-58(53)69-62(48)59/h8-38H,1-7H3/q+2. The van der Waals surface area contributed by atoms with Crippen LogP contribution < -0.4 is 14.3 Å². The maximum absolute atomic E-state index is 16.5. The normalized spacial score (nSPS) is 15.2. The van der Waals surface area contributed by atoms with Gasteiger partial charge >= 0.3 is 11.5 Å². The minimum atomic E-state index is -1.89. The molecular formula is C64H52FN3OSi+2. The zero-order valence-electron chi connectivity index (χ0n) is 40.5. The summed E-state index contributed by atoms with van der Waals surface area (Å²) in [7, 11) is -1.89. The van der Waals surface area contributed by atoms with Gasteiger partial charge in [0.15, 0.2) is 22.8 Å². The fourth-order valence-corrected chi connectivity index (χ4v) is 13.5. The SMILES string of the molecule is CC(C)c1cc(-c2ccccc2)cc(C(C)C)c1-n1c2[n+](c3ccc4ccccc4c31)C1(c3cc(F)ccc3-c3ccc([Si](C)(C)C)c[n+]31)c1ccc3c(oc4cc5c(ccc6ccccc65)cc43)c1-2. The molecule has 0 N–H and O–H groups in total. The quantitative estimate of drug-likeness (QED) is 0.0959. The van der Waals surface area contributed by atoms with E-state index in [1.54, 1.807) is 12.1 Å². The molecular weight excluding hydrogens is 874 g/mol. The molecule has 0 fully saturated rings. The second kappa shape index (κ2) is 14.4. The number of halogens is 1. The molecule has 0 aliphatic carbocycles. The molecule has 14 rings (SSSR count). The van der Waals surface area contributed by atoms with Crippen LogP contribution in [0, 0.1) is 5.82 Å². The van der Waals surface area contributed by atoms with Gasteiger partial charge in [0, 0.05) is 38.5 Å². The van der Waals surface area contributed by atoms with Gasteiger partial charge in [0.1, 0.15) is 22.7 Å². The van der Waals surface area contributed by atoms with Crippen LogP contribution in [0.2, 0.25) is 19.6 Å². The van der Waals surface area contributed by atoms with E-state index in [0.29, 0.717) is 0 Å². The van der Waals surface area contributed by atoms with E-state index in [2.05, 4.69) is 219 Å². The zero-order chi connectivity index (χ0) is 47.5. The molecule has 0 saturated heterocycles. The predicted octanol–water partition coefficient (Wildman–Crippen LogP) is 15.4. The Morgan fingerprint density at radius 1 is 0.571 bits per heavy atom. The summed E-state index contributed by atoms with van der Waals surface area (Å²) in [6, 6.07) is 61.4. The fraction of sp³-hybridized carbons (Fsp3) is 0.156. The summed E-state index contributed by atoms with van der Waals surface area (Å²) in [5.74, 6) is 1.09. The van der Waals surface area contributed by atoms with E-state index in [0.717, 1.165) is 77.5 Å². The lowest BCUT2D eigenvalue weighted by atomic mass is 9.87. The van der Waals surface area contributed by atoms with Gasteiger partial charge in [-0.3, -0.25) is 0 Å². The van der Waals surface area contributed by atoms with Gasteiger partial charge < -0.3 is 4.42 Å². The highest BCUT2D eigenvalue weighted by atomic mass is 28.3. The Labute approximate surface area is 407 Å². The van der Waals surface area contributed by atoms with Crippen LogP contribution >= 0.6 is 0 Å². The monoisotopic (exact) mass is 925 g/mol. The molecule has 70 heavy (non-hydrogen) atoms. The second-order valence-electron chi connectivity index (χ2n) is 21.4. The Balaban J connectivity index is 1.24. The molecule has 2 aliphatic rings. The van der Waals surface area contributed by atoms with Crippen LogP contribution in [0.3, 0.4) is 0 Å². The van der Waals surface area contributed by atoms with Crippen LogP contribution in [0.15, 0.2) is 180 Å². The van der Waals surface area contributed by atoms with Gasteiger partial charge in [-0.2, -0.15) is 4.57 Å². The number of hydrogen-bond acceptors (Lipinski definition) is 1. The smallest absolute Gasteiger partial charge is 0.365 e. The van der Waals surface area contributed by atoms with E-state index >= 15 is 4.39 Å². The first-order chi connectivity index (χ1) is 33.9. The van der Waals surface area contributed by atoms with Crippen molar-refractivity contribution in [3.05, 3.63) is 204 Å². The highest BCUT2D eigenvalue weighted by Gasteiger charge is 2.67. The first kappa shape index (κ1) is 41.3. The van der Waals surface area contributed by atoms with Crippen molar-refractivity contribution < 1.29 is 17.9 Å². The van der Waals surface area contributed by atoms with E-state index in [1.165, 1.54) is 54.7 Å². The highest BCUT2D eigenvalue weighted by molar-refractivity contribution is 6.88. The van der Waals surface area contributed by atoms with E-state index in [-0.39, 0.29) is 17.7 Å². The Morgan fingerprint density at radius 3 is 2.00 bits per heavy atom. The first-order valence-corrected chi connectivity index (χ1v) is 28.3. The number of hydrogen-bond donors (Lipinski definition) is 0. The average Bonchev–Trinajstić information content (AvgIpc) is 4.08. The lowest BCUT2D eigenvalue weighted by Crippen LogP contribution is -2.72. The molecule has 0 bridgehead atoms. The third kappa shape index (κ3) is 5.45. The molecule has 1 atom stereocenters. The third-order valence-corrected chi connectivity index (χ3v) is 17.8. The van der Waals surface area contributed by atoms with Crippen LogP contribution in [-0.2, 0) is 5.66 Å². The second-order valence-corrected chi connectivity index (χ2v) is 26.5. The molecule has 2 aliphatic heterocycles. The number of furan rings is 1. The van der Waals surface area contributed by atoms with E-state index in [9.17, 15) is 0 Å². The third-order valence-electron chi connectivity index (χ3n) is 15.7. The highest BCUT2D eigenvalue weighted by Crippen LogP contribution is 2.54. The van der Waals surface area contributed by atoms with Crippen LogP contribution in [0.5, 0.6) is 0 Å². The van der Waals surface area contributed by atoms with Gasteiger partial charge in [0.05, 0.1) is 24.8 Å². The van der Waals surface area contributed by atoms with Crippen LogP contribution in [0.25, 0.3) is 105 Å². The summed E-state index contributed by atoms with van der Waals surface area (Å²) in [5, 5.41) is 10.5. The maximum Gasteiger partial charge on any atom is 0.365 e. The van der Waals surface area contributed by atoms with Crippen molar-refractivity contribution in [2.45, 2.75) is 64.8 Å². The van der Waals surface area contributed by atoms with Crippen LogP contribution in [0.4, 0.5) is 4.39 Å². The lowest BCUT2D eigenvalue weighted by molar-refractivity contribution is -0.944. The van der Waals surface area contributed by atoms with Gasteiger partial charge in [-0.1, -0.05) is 138 Å². The van der Waals surface area contributed by atoms with Crippen LogP contribution in [0.1, 0.15) is 61.8 Å². The lowest BCUT2D eigenvalue weighted by Gasteiger charge is -2.22. The van der Waals surface area contributed by atoms with E-state index in [4.69, 9.17) is 4.42 Å². The van der Waals surface area contributed by atoms with Gasteiger partial charge in [-0.15, -0.1) is 9.13 Å². The molecule has 1 spiro atoms.